The molecule has 5 heteroatoms. The molecule has 106 valence electrons. The van der Waals surface area contributed by atoms with Crippen molar-refractivity contribution in [3.8, 4) is 0 Å². The molecule has 1 aromatic carbocycles. The summed E-state index contributed by atoms with van der Waals surface area (Å²) < 4.78 is 0. The fourth-order valence-corrected chi connectivity index (χ4v) is 5.59. The van der Waals surface area contributed by atoms with Gasteiger partial charge in [0, 0.05) is 4.90 Å². The third kappa shape index (κ3) is 9.04. The quantitative estimate of drug-likeness (QED) is 0.214. The van der Waals surface area contributed by atoms with Crippen molar-refractivity contribution in [2.75, 3.05) is 0 Å². The fourth-order valence-electron chi connectivity index (χ4n) is 1.70. The van der Waals surface area contributed by atoms with Gasteiger partial charge in [-0.25, -0.2) is 0 Å². The van der Waals surface area contributed by atoms with Gasteiger partial charge in [-0.15, -0.1) is 33.2 Å². The van der Waals surface area contributed by atoms with Crippen LogP contribution in [0.3, 0.4) is 0 Å². The van der Waals surface area contributed by atoms with Gasteiger partial charge in [0.1, 0.15) is 0 Å². The van der Waals surface area contributed by atoms with E-state index in [1.165, 1.54) is 29.1 Å². The van der Waals surface area contributed by atoms with Gasteiger partial charge < -0.3 is 0 Å². The van der Waals surface area contributed by atoms with E-state index in [0.29, 0.717) is 0 Å². The molecule has 0 aromatic heterocycles. The number of unbranched alkanes of at least 4 members (excludes halogenated alkanes) is 3. The maximum atomic E-state index is 6.01. The summed E-state index contributed by atoms with van der Waals surface area (Å²) in [6.07, 6.45) is 5.91. The maximum Gasteiger partial charge on any atom is 0.366 e. The molecule has 0 aliphatic carbocycles. The van der Waals surface area contributed by atoms with E-state index >= 15 is 0 Å². The van der Waals surface area contributed by atoms with Crippen LogP contribution in [0.25, 0.3) is 0 Å². The Hall–Kier alpha value is 0.397. The summed E-state index contributed by atoms with van der Waals surface area (Å²) in [5.74, 6) is 0. The van der Waals surface area contributed by atoms with Gasteiger partial charge in [0.05, 0.1) is 0 Å². The molecule has 0 atom stereocenters. The molecule has 0 radical (unpaired) electrons. The Morgan fingerprint density at radius 3 is 2.37 bits per heavy atom. The van der Waals surface area contributed by atoms with Crippen LogP contribution in [0.2, 0.25) is 0 Å². The van der Waals surface area contributed by atoms with Crippen molar-refractivity contribution in [2.24, 2.45) is 0 Å². The Kier molecular flexibility index (Phi) is 8.59. The van der Waals surface area contributed by atoms with Crippen molar-refractivity contribution in [1.29, 1.82) is 0 Å². The Bertz CT molecular complexity index is 387. The summed E-state index contributed by atoms with van der Waals surface area (Å²) in [4.78, 5) is 2.39. The average molecular weight is 354 g/mol. The third-order valence-corrected chi connectivity index (χ3v) is 5.55. The molecule has 1 aromatic rings. The molecule has 0 saturated carbocycles. The molecule has 0 heterocycles. The van der Waals surface area contributed by atoms with E-state index in [2.05, 4.69) is 19.1 Å². The van der Waals surface area contributed by atoms with Gasteiger partial charge in [0.25, 0.3) is 0 Å². The minimum Gasteiger partial charge on any atom is -0.121 e. The summed E-state index contributed by atoms with van der Waals surface area (Å²) in [6.45, 7) is 2.21. The zero-order valence-electron chi connectivity index (χ0n) is 11.0. The van der Waals surface area contributed by atoms with Gasteiger partial charge >= 0.3 is 6.00 Å². The SMILES string of the molecule is CCCCCC/C(=C/[Si](Cl)(Cl)Cl)Sc1ccccc1. The standard InChI is InChI=1S/C14H19Cl3SSi/c1-2-3-4-6-11-14(12-19(15,16)17)18-13-9-7-5-8-10-13/h5,7-10,12H,2-4,6,11H2,1H3/b14-12-. The summed E-state index contributed by atoms with van der Waals surface area (Å²) >= 11 is 19.8. The highest BCUT2D eigenvalue weighted by molar-refractivity contribution is 8.03. The second-order valence-corrected chi connectivity index (χ2v) is 14.1. The van der Waals surface area contributed by atoms with Crippen LogP contribution in [0.5, 0.6) is 0 Å². The largest absolute Gasteiger partial charge is 0.366 e. The van der Waals surface area contributed by atoms with Gasteiger partial charge in [0.2, 0.25) is 0 Å². The second-order valence-electron chi connectivity index (χ2n) is 4.38. The van der Waals surface area contributed by atoms with Gasteiger partial charge in [-0.2, -0.15) is 0 Å². The molecule has 0 amide bonds. The molecule has 0 aliphatic heterocycles. The normalized spacial score (nSPS) is 12.7. The number of hydrogen-bond donors (Lipinski definition) is 0. The average Bonchev–Trinajstić information content (AvgIpc) is 2.34. The lowest BCUT2D eigenvalue weighted by Gasteiger charge is -2.10. The van der Waals surface area contributed by atoms with E-state index in [-0.39, 0.29) is 0 Å². The van der Waals surface area contributed by atoms with Crippen LogP contribution in [0.15, 0.2) is 45.8 Å². The number of rotatable bonds is 8. The van der Waals surface area contributed by atoms with Crippen molar-refractivity contribution in [3.63, 3.8) is 0 Å². The predicted octanol–water partition coefficient (Wildman–Crippen LogP) is 6.83. The van der Waals surface area contributed by atoms with Crippen LogP contribution in [-0.4, -0.2) is 6.00 Å². The first-order valence-corrected chi connectivity index (χ1v) is 12.5. The van der Waals surface area contributed by atoms with Gasteiger partial charge in [-0.3, -0.25) is 0 Å². The smallest absolute Gasteiger partial charge is 0.121 e. The maximum absolute atomic E-state index is 6.01. The lowest BCUT2D eigenvalue weighted by atomic mass is 10.1. The monoisotopic (exact) mass is 352 g/mol. The van der Waals surface area contributed by atoms with E-state index in [9.17, 15) is 0 Å². The first kappa shape index (κ1) is 17.4. The van der Waals surface area contributed by atoms with Crippen LogP contribution in [-0.2, 0) is 0 Å². The highest BCUT2D eigenvalue weighted by Gasteiger charge is 2.22. The molecule has 0 N–H and O–H groups in total. The lowest BCUT2D eigenvalue weighted by molar-refractivity contribution is 0.672. The van der Waals surface area contributed by atoms with E-state index < -0.39 is 6.00 Å². The lowest BCUT2D eigenvalue weighted by Crippen LogP contribution is -2.05. The van der Waals surface area contributed by atoms with Crippen LogP contribution in [0.4, 0.5) is 0 Å². The van der Waals surface area contributed by atoms with Crippen molar-refractivity contribution in [2.45, 2.75) is 43.9 Å². The molecule has 0 saturated heterocycles. The first-order chi connectivity index (χ1) is 9.01. The van der Waals surface area contributed by atoms with Gasteiger partial charge in [0.15, 0.2) is 0 Å². The second kappa shape index (κ2) is 9.35. The molecule has 0 aliphatic rings. The number of halogens is 3. The Morgan fingerprint density at radius 1 is 1.11 bits per heavy atom. The first-order valence-electron chi connectivity index (χ1n) is 6.52. The molecular formula is C14H19Cl3SSi. The number of hydrogen-bond acceptors (Lipinski definition) is 1. The van der Waals surface area contributed by atoms with E-state index in [1.54, 1.807) is 11.8 Å². The number of benzene rings is 1. The molecule has 0 fully saturated rings. The fraction of sp³-hybridized carbons (Fsp3) is 0.429. The molecule has 0 nitrogen and oxygen atoms in total. The predicted molar refractivity (Wildman–Crippen MR) is 92.5 cm³/mol. The zero-order chi connectivity index (χ0) is 14.1. The highest BCUT2D eigenvalue weighted by atomic mass is 35.8. The Balaban J connectivity index is 2.62. The summed E-state index contributed by atoms with van der Waals surface area (Å²) in [7, 11) is 0. The van der Waals surface area contributed by atoms with Crippen molar-refractivity contribution in [1.82, 2.24) is 0 Å². The molecule has 1 rings (SSSR count). The number of thioether (sulfide) groups is 1. The van der Waals surface area contributed by atoms with Gasteiger partial charge in [-0.1, -0.05) is 56.1 Å². The zero-order valence-corrected chi connectivity index (χ0v) is 15.1. The van der Waals surface area contributed by atoms with Crippen LogP contribution in [0.1, 0.15) is 39.0 Å². The summed E-state index contributed by atoms with van der Waals surface area (Å²) in [5, 5.41) is 0. The molecule has 0 unspecified atom stereocenters. The van der Waals surface area contributed by atoms with Crippen molar-refractivity contribution >= 4 is 51.0 Å². The van der Waals surface area contributed by atoms with Crippen molar-refractivity contribution in [3.05, 3.63) is 40.9 Å². The van der Waals surface area contributed by atoms with E-state index in [0.717, 1.165) is 12.8 Å². The molecule has 19 heavy (non-hydrogen) atoms. The van der Waals surface area contributed by atoms with Crippen molar-refractivity contribution < 1.29 is 0 Å². The summed E-state index contributed by atoms with van der Waals surface area (Å²) in [5.41, 5.74) is 1.88. The van der Waals surface area contributed by atoms with Crippen LogP contribution >= 0.6 is 45.0 Å². The Morgan fingerprint density at radius 2 is 1.79 bits per heavy atom. The molecule has 0 spiro atoms. The minimum atomic E-state index is -2.71. The minimum absolute atomic E-state index is 1.00. The number of allylic oxidation sites excluding steroid dienone is 1. The van der Waals surface area contributed by atoms with E-state index in [1.807, 2.05) is 23.9 Å². The van der Waals surface area contributed by atoms with Gasteiger partial charge in [-0.05, 0) is 35.6 Å². The Labute approximate surface area is 135 Å². The van der Waals surface area contributed by atoms with Crippen LogP contribution < -0.4 is 0 Å². The molecule has 0 bridgehead atoms. The van der Waals surface area contributed by atoms with E-state index in [4.69, 9.17) is 33.2 Å². The molecular weight excluding hydrogens is 335 g/mol. The third-order valence-electron chi connectivity index (χ3n) is 2.59. The van der Waals surface area contributed by atoms with Crippen LogP contribution in [0, 0.1) is 0 Å². The topological polar surface area (TPSA) is 0 Å². The summed E-state index contributed by atoms with van der Waals surface area (Å²) in [6, 6.07) is 7.54. The highest BCUT2D eigenvalue weighted by Crippen LogP contribution is 2.34.